The average Bonchev–Trinajstić information content (AvgIpc) is 3.56. The number of fused-ring (bicyclic) bond motifs is 3. The van der Waals surface area contributed by atoms with Gasteiger partial charge in [0, 0.05) is 30.5 Å². The summed E-state index contributed by atoms with van der Waals surface area (Å²) >= 11 is 0. The third kappa shape index (κ3) is 3.09. The zero-order valence-corrected chi connectivity index (χ0v) is 17.1. The van der Waals surface area contributed by atoms with Crippen LogP contribution in [0, 0.1) is 0 Å². The van der Waals surface area contributed by atoms with Gasteiger partial charge in [0.15, 0.2) is 5.65 Å². The first-order valence-corrected chi connectivity index (χ1v) is 10.9. The van der Waals surface area contributed by atoms with Crippen LogP contribution in [0.4, 0.5) is 17.3 Å². The van der Waals surface area contributed by atoms with E-state index in [9.17, 15) is 4.79 Å². The lowest BCUT2D eigenvalue weighted by Crippen LogP contribution is -2.27. The molecule has 0 bridgehead atoms. The standard InChI is InChI=1S/C21H23N9O/c31-20-19-25-26-27-30(19)17-13-22-21(24-18(17)29(20)16-5-1-2-6-16)23-14-7-9-15(10-8-14)28-11-3-4-12-28/h7-10,13,16H,1-6,11-12H2,(H,22,23,24). The van der Waals surface area contributed by atoms with Crippen LogP contribution in [0.15, 0.2) is 35.3 Å². The molecule has 3 aromatic heterocycles. The molecule has 6 rings (SSSR count). The lowest BCUT2D eigenvalue weighted by atomic mass is 10.2. The maximum absolute atomic E-state index is 13.1. The van der Waals surface area contributed by atoms with E-state index < -0.39 is 0 Å². The number of hydrogen-bond acceptors (Lipinski definition) is 8. The molecule has 2 fully saturated rings. The second-order valence-electron chi connectivity index (χ2n) is 8.30. The Bertz CT molecular complexity index is 1300. The van der Waals surface area contributed by atoms with Gasteiger partial charge in [0.1, 0.15) is 5.52 Å². The zero-order valence-electron chi connectivity index (χ0n) is 17.1. The van der Waals surface area contributed by atoms with Gasteiger partial charge in [0.2, 0.25) is 11.6 Å². The third-order valence-electron chi connectivity index (χ3n) is 6.37. The lowest BCUT2D eigenvalue weighted by molar-refractivity contribution is 0.515. The molecule has 1 aromatic carbocycles. The molecule has 0 spiro atoms. The SMILES string of the molecule is O=c1c2nnnn2c2cnc(Nc3ccc(N4CCCC4)cc3)nc2n1C1CCCC1. The molecule has 1 aliphatic carbocycles. The van der Waals surface area contributed by atoms with E-state index >= 15 is 0 Å². The minimum atomic E-state index is -0.205. The number of nitrogens with one attached hydrogen (secondary N) is 1. The third-order valence-corrected chi connectivity index (χ3v) is 6.37. The largest absolute Gasteiger partial charge is 0.372 e. The van der Waals surface area contributed by atoms with Crippen molar-refractivity contribution in [2.75, 3.05) is 23.3 Å². The van der Waals surface area contributed by atoms with Gasteiger partial charge >= 0.3 is 0 Å². The highest BCUT2D eigenvalue weighted by atomic mass is 16.1. The molecular formula is C21H23N9O. The van der Waals surface area contributed by atoms with E-state index in [1.165, 1.54) is 23.0 Å². The van der Waals surface area contributed by atoms with Crippen LogP contribution in [0.5, 0.6) is 0 Å². The Morgan fingerprint density at radius 2 is 1.74 bits per heavy atom. The van der Waals surface area contributed by atoms with Gasteiger partial charge in [-0.2, -0.15) is 9.50 Å². The molecule has 158 valence electrons. The van der Waals surface area contributed by atoms with E-state index in [0.29, 0.717) is 17.1 Å². The van der Waals surface area contributed by atoms with Crippen LogP contribution >= 0.6 is 0 Å². The molecule has 1 saturated heterocycles. The van der Waals surface area contributed by atoms with E-state index in [4.69, 9.17) is 4.98 Å². The Kier molecular flexibility index (Phi) is 4.29. The summed E-state index contributed by atoms with van der Waals surface area (Å²) in [7, 11) is 0. The summed E-state index contributed by atoms with van der Waals surface area (Å²) in [6.07, 6.45) is 8.30. The first-order valence-electron chi connectivity index (χ1n) is 10.9. The van der Waals surface area contributed by atoms with Crippen LogP contribution in [0.25, 0.3) is 16.8 Å². The molecule has 0 radical (unpaired) electrons. The highest BCUT2D eigenvalue weighted by Crippen LogP contribution is 2.31. The van der Waals surface area contributed by atoms with Crippen molar-refractivity contribution in [2.24, 2.45) is 0 Å². The number of aromatic nitrogens is 7. The van der Waals surface area contributed by atoms with Gasteiger partial charge in [-0.3, -0.25) is 9.36 Å². The number of tetrazole rings is 1. The number of nitrogens with zero attached hydrogens (tertiary/aromatic N) is 8. The van der Waals surface area contributed by atoms with Crippen LogP contribution < -0.4 is 15.8 Å². The summed E-state index contributed by atoms with van der Waals surface area (Å²) < 4.78 is 3.19. The van der Waals surface area contributed by atoms with Gasteiger partial charge in [0.05, 0.1) is 6.20 Å². The van der Waals surface area contributed by atoms with Crippen LogP contribution in [-0.2, 0) is 0 Å². The number of hydrogen-bond donors (Lipinski definition) is 1. The van der Waals surface area contributed by atoms with Gasteiger partial charge in [-0.1, -0.05) is 12.8 Å². The minimum absolute atomic E-state index is 0.110. The molecule has 4 aromatic rings. The van der Waals surface area contributed by atoms with Crippen molar-refractivity contribution in [1.29, 1.82) is 0 Å². The summed E-state index contributed by atoms with van der Waals surface area (Å²) in [6.45, 7) is 2.23. The van der Waals surface area contributed by atoms with E-state index in [2.05, 4.69) is 42.9 Å². The summed E-state index contributed by atoms with van der Waals surface area (Å²) in [4.78, 5) is 24.7. The van der Waals surface area contributed by atoms with Crippen LogP contribution in [-0.4, -0.2) is 47.7 Å². The van der Waals surface area contributed by atoms with Crippen molar-refractivity contribution in [3.05, 3.63) is 40.8 Å². The maximum Gasteiger partial charge on any atom is 0.299 e. The monoisotopic (exact) mass is 417 g/mol. The second-order valence-corrected chi connectivity index (χ2v) is 8.30. The molecule has 10 heteroatoms. The van der Waals surface area contributed by atoms with Crippen molar-refractivity contribution in [3.8, 4) is 0 Å². The van der Waals surface area contributed by atoms with E-state index in [0.717, 1.165) is 44.5 Å². The van der Waals surface area contributed by atoms with Gasteiger partial charge < -0.3 is 10.2 Å². The summed E-state index contributed by atoms with van der Waals surface area (Å²) in [5, 5.41) is 14.9. The number of benzene rings is 1. The maximum atomic E-state index is 13.1. The van der Waals surface area contributed by atoms with Crippen LogP contribution in [0.1, 0.15) is 44.6 Å². The lowest BCUT2D eigenvalue weighted by Gasteiger charge is -2.18. The smallest absolute Gasteiger partial charge is 0.299 e. The predicted molar refractivity (Wildman–Crippen MR) is 117 cm³/mol. The quantitative estimate of drug-likeness (QED) is 0.540. The fourth-order valence-corrected chi connectivity index (χ4v) is 4.80. The normalized spacial score (nSPS) is 17.2. The van der Waals surface area contributed by atoms with Gasteiger partial charge in [-0.05, 0) is 60.4 Å². The van der Waals surface area contributed by atoms with E-state index in [1.807, 2.05) is 12.1 Å². The number of anilines is 3. The Morgan fingerprint density at radius 1 is 0.968 bits per heavy atom. The molecule has 0 unspecified atom stereocenters. The fourth-order valence-electron chi connectivity index (χ4n) is 4.80. The minimum Gasteiger partial charge on any atom is -0.372 e. The van der Waals surface area contributed by atoms with Crippen LogP contribution in [0.3, 0.4) is 0 Å². The molecule has 10 nitrogen and oxygen atoms in total. The fraction of sp³-hybridized carbons (Fsp3) is 0.429. The Balaban J connectivity index is 1.40. The van der Waals surface area contributed by atoms with E-state index in [-0.39, 0.29) is 17.2 Å². The number of rotatable bonds is 4. The highest BCUT2D eigenvalue weighted by Gasteiger charge is 2.24. The summed E-state index contributed by atoms with van der Waals surface area (Å²) in [6, 6.07) is 8.42. The van der Waals surface area contributed by atoms with Crippen LogP contribution in [0.2, 0.25) is 0 Å². The van der Waals surface area contributed by atoms with Gasteiger partial charge in [0.25, 0.3) is 5.56 Å². The Labute approximate surface area is 177 Å². The van der Waals surface area contributed by atoms with Crippen molar-refractivity contribution < 1.29 is 0 Å². The zero-order chi connectivity index (χ0) is 20.8. The van der Waals surface area contributed by atoms with Crippen molar-refractivity contribution in [1.82, 2.24) is 34.6 Å². The van der Waals surface area contributed by atoms with Crippen molar-refractivity contribution >= 4 is 34.1 Å². The summed E-state index contributed by atoms with van der Waals surface area (Å²) in [5.41, 5.74) is 3.33. The molecule has 1 N–H and O–H groups in total. The topological polar surface area (TPSA) is 106 Å². The average molecular weight is 417 g/mol. The Hall–Kier alpha value is -3.56. The molecule has 2 aliphatic rings. The van der Waals surface area contributed by atoms with Gasteiger partial charge in [-0.25, -0.2) is 4.98 Å². The molecule has 1 aliphatic heterocycles. The molecule has 1 saturated carbocycles. The molecule has 0 atom stereocenters. The molecular weight excluding hydrogens is 394 g/mol. The highest BCUT2D eigenvalue weighted by molar-refractivity contribution is 5.74. The van der Waals surface area contributed by atoms with E-state index in [1.54, 1.807) is 10.8 Å². The molecule has 4 heterocycles. The molecule has 0 amide bonds. The Morgan fingerprint density at radius 3 is 2.52 bits per heavy atom. The van der Waals surface area contributed by atoms with Gasteiger partial charge in [-0.15, -0.1) is 5.10 Å². The second kappa shape index (κ2) is 7.29. The first-order chi connectivity index (χ1) is 15.3. The molecule has 31 heavy (non-hydrogen) atoms. The first kappa shape index (κ1) is 18.2. The van der Waals surface area contributed by atoms with Crippen molar-refractivity contribution in [2.45, 2.75) is 44.6 Å². The predicted octanol–water partition coefficient (Wildman–Crippen LogP) is 2.69. The van der Waals surface area contributed by atoms with Crippen molar-refractivity contribution in [3.63, 3.8) is 0 Å². The summed E-state index contributed by atoms with van der Waals surface area (Å²) in [5.74, 6) is 0.444.